The predicted molar refractivity (Wildman–Crippen MR) is 83.8 cm³/mol. The summed E-state index contributed by atoms with van der Waals surface area (Å²) in [5.74, 6) is 0.867. The summed E-state index contributed by atoms with van der Waals surface area (Å²) in [5, 5.41) is 1.16. The van der Waals surface area contributed by atoms with E-state index in [1.54, 1.807) is 6.20 Å². The maximum Gasteiger partial charge on any atom is 0.158 e. The zero-order chi connectivity index (χ0) is 14.4. The van der Waals surface area contributed by atoms with Gasteiger partial charge >= 0.3 is 0 Å². The van der Waals surface area contributed by atoms with E-state index in [1.165, 1.54) is 0 Å². The van der Waals surface area contributed by atoms with E-state index in [0.29, 0.717) is 6.54 Å². The van der Waals surface area contributed by atoms with Gasteiger partial charge in [-0.05, 0) is 36.8 Å². The molecule has 0 bridgehead atoms. The Bertz CT molecular complexity index is 948. The molecule has 4 rings (SSSR count). The van der Waals surface area contributed by atoms with Gasteiger partial charge in [0.15, 0.2) is 5.65 Å². The SMILES string of the molecule is Cc1nc2c(-c3cc4cc(CN)ccc4[nH]3)ccnc2[nH]1. The van der Waals surface area contributed by atoms with Gasteiger partial charge < -0.3 is 15.7 Å². The lowest BCUT2D eigenvalue weighted by atomic mass is 10.1. The second-order valence-electron chi connectivity index (χ2n) is 5.19. The van der Waals surface area contributed by atoms with Crippen LogP contribution in [0.4, 0.5) is 0 Å². The predicted octanol–water partition coefficient (Wildman–Crippen LogP) is 2.87. The molecule has 4 aromatic rings. The van der Waals surface area contributed by atoms with Gasteiger partial charge in [0, 0.05) is 34.9 Å². The Hall–Kier alpha value is -2.66. The van der Waals surface area contributed by atoms with Crippen LogP contribution in [-0.4, -0.2) is 19.9 Å². The number of aromatic amines is 2. The fourth-order valence-electron chi connectivity index (χ4n) is 2.70. The molecular formula is C16H15N5. The monoisotopic (exact) mass is 277 g/mol. The van der Waals surface area contributed by atoms with Crippen molar-refractivity contribution in [3.8, 4) is 11.3 Å². The smallest absolute Gasteiger partial charge is 0.158 e. The number of benzene rings is 1. The van der Waals surface area contributed by atoms with Crippen LogP contribution in [0.3, 0.4) is 0 Å². The summed E-state index contributed by atoms with van der Waals surface area (Å²) in [4.78, 5) is 15.5. The molecule has 0 atom stereocenters. The quantitative estimate of drug-likeness (QED) is 0.527. The van der Waals surface area contributed by atoms with Crippen molar-refractivity contribution in [3.63, 3.8) is 0 Å². The van der Waals surface area contributed by atoms with E-state index in [4.69, 9.17) is 5.73 Å². The Morgan fingerprint density at radius 2 is 2.05 bits per heavy atom. The lowest BCUT2D eigenvalue weighted by molar-refractivity contribution is 1.08. The summed E-state index contributed by atoms with van der Waals surface area (Å²) in [6, 6.07) is 10.3. The molecule has 0 saturated heterocycles. The molecule has 5 nitrogen and oxygen atoms in total. The summed E-state index contributed by atoms with van der Waals surface area (Å²) in [7, 11) is 0. The van der Waals surface area contributed by atoms with Crippen LogP contribution < -0.4 is 5.73 Å². The first-order valence-corrected chi connectivity index (χ1v) is 6.88. The number of nitrogens with two attached hydrogens (primary N) is 1. The van der Waals surface area contributed by atoms with Crippen LogP contribution in [0, 0.1) is 6.92 Å². The molecule has 104 valence electrons. The van der Waals surface area contributed by atoms with E-state index in [1.807, 2.05) is 19.1 Å². The zero-order valence-corrected chi connectivity index (χ0v) is 11.6. The van der Waals surface area contributed by atoms with Gasteiger partial charge in [-0.1, -0.05) is 6.07 Å². The maximum absolute atomic E-state index is 5.70. The van der Waals surface area contributed by atoms with E-state index >= 15 is 0 Å². The Labute approximate surface area is 121 Å². The van der Waals surface area contributed by atoms with Crippen LogP contribution in [0.15, 0.2) is 36.5 Å². The van der Waals surface area contributed by atoms with Gasteiger partial charge in [-0.15, -0.1) is 0 Å². The molecule has 0 radical (unpaired) electrons. The summed E-state index contributed by atoms with van der Waals surface area (Å²) in [6.07, 6.45) is 1.80. The number of hydrogen-bond acceptors (Lipinski definition) is 3. The first kappa shape index (κ1) is 12.1. The minimum absolute atomic E-state index is 0.550. The standard InChI is InChI=1S/C16H15N5/c1-9-19-15-12(4-5-18-16(15)20-9)14-7-11-6-10(8-17)2-3-13(11)21-14/h2-7,21H,8,17H2,1H3,(H,18,19,20). The molecular weight excluding hydrogens is 262 g/mol. The Balaban J connectivity index is 1.95. The minimum atomic E-state index is 0.550. The maximum atomic E-state index is 5.70. The number of rotatable bonds is 2. The molecule has 3 aromatic heterocycles. The van der Waals surface area contributed by atoms with Gasteiger partial charge in [-0.3, -0.25) is 0 Å². The molecule has 0 aliphatic rings. The van der Waals surface area contributed by atoms with Gasteiger partial charge in [0.1, 0.15) is 11.3 Å². The van der Waals surface area contributed by atoms with E-state index in [9.17, 15) is 0 Å². The third-order valence-electron chi connectivity index (χ3n) is 3.71. The van der Waals surface area contributed by atoms with Gasteiger partial charge in [-0.2, -0.15) is 0 Å². The first-order valence-electron chi connectivity index (χ1n) is 6.88. The lowest BCUT2D eigenvalue weighted by Gasteiger charge is -1.98. The number of pyridine rings is 1. The summed E-state index contributed by atoms with van der Waals surface area (Å²) >= 11 is 0. The molecule has 4 N–H and O–H groups in total. The van der Waals surface area contributed by atoms with Gasteiger partial charge in [0.2, 0.25) is 0 Å². The highest BCUT2D eigenvalue weighted by atomic mass is 15.0. The van der Waals surface area contributed by atoms with E-state index in [2.05, 4.69) is 38.1 Å². The van der Waals surface area contributed by atoms with Crippen molar-refractivity contribution in [2.75, 3.05) is 0 Å². The molecule has 0 aliphatic carbocycles. The third kappa shape index (κ3) is 1.90. The van der Waals surface area contributed by atoms with E-state index < -0.39 is 0 Å². The van der Waals surface area contributed by atoms with Crippen LogP contribution in [0.25, 0.3) is 33.3 Å². The summed E-state index contributed by atoms with van der Waals surface area (Å²) in [5.41, 5.74) is 11.7. The molecule has 5 heteroatoms. The fourth-order valence-corrected chi connectivity index (χ4v) is 2.70. The number of aromatic nitrogens is 4. The molecule has 0 unspecified atom stereocenters. The van der Waals surface area contributed by atoms with Crippen LogP contribution in [0.2, 0.25) is 0 Å². The van der Waals surface area contributed by atoms with Gasteiger partial charge in [-0.25, -0.2) is 9.97 Å². The number of nitrogens with one attached hydrogen (secondary N) is 2. The Morgan fingerprint density at radius 1 is 1.14 bits per heavy atom. The number of imidazole rings is 1. The van der Waals surface area contributed by atoms with Gasteiger partial charge in [0.25, 0.3) is 0 Å². The average molecular weight is 277 g/mol. The normalized spacial score (nSPS) is 11.5. The molecule has 3 heterocycles. The summed E-state index contributed by atoms with van der Waals surface area (Å²) in [6.45, 7) is 2.48. The first-order chi connectivity index (χ1) is 10.2. The third-order valence-corrected chi connectivity index (χ3v) is 3.71. The minimum Gasteiger partial charge on any atom is -0.354 e. The van der Waals surface area contributed by atoms with E-state index in [-0.39, 0.29) is 0 Å². The van der Waals surface area contributed by atoms with Crippen molar-refractivity contribution in [2.45, 2.75) is 13.5 Å². The molecule has 21 heavy (non-hydrogen) atoms. The van der Waals surface area contributed by atoms with Crippen LogP contribution in [-0.2, 0) is 6.54 Å². The van der Waals surface area contributed by atoms with Crippen molar-refractivity contribution in [2.24, 2.45) is 5.73 Å². The molecule has 0 saturated carbocycles. The Morgan fingerprint density at radius 3 is 2.90 bits per heavy atom. The van der Waals surface area contributed by atoms with E-state index in [0.717, 1.165) is 44.7 Å². The highest BCUT2D eigenvalue weighted by molar-refractivity contribution is 5.94. The molecule has 0 aliphatic heterocycles. The number of aryl methyl sites for hydroxylation is 1. The second-order valence-corrected chi connectivity index (χ2v) is 5.19. The largest absolute Gasteiger partial charge is 0.354 e. The molecule has 0 spiro atoms. The van der Waals surface area contributed by atoms with Crippen molar-refractivity contribution in [1.82, 2.24) is 19.9 Å². The fraction of sp³-hybridized carbons (Fsp3) is 0.125. The average Bonchev–Trinajstić information content (AvgIpc) is 3.07. The zero-order valence-electron chi connectivity index (χ0n) is 11.6. The second kappa shape index (κ2) is 4.43. The molecule has 0 amide bonds. The summed E-state index contributed by atoms with van der Waals surface area (Å²) < 4.78 is 0. The van der Waals surface area contributed by atoms with Crippen molar-refractivity contribution < 1.29 is 0 Å². The topological polar surface area (TPSA) is 83.4 Å². The van der Waals surface area contributed by atoms with Crippen molar-refractivity contribution in [1.29, 1.82) is 0 Å². The van der Waals surface area contributed by atoms with Crippen LogP contribution >= 0.6 is 0 Å². The number of fused-ring (bicyclic) bond motifs is 2. The highest BCUT2D eigenvalue weighted by Crippen LogP contribution is 2.28. The highest BCUT2D eigenvalue weighted by Gasteiger charge is 2.11. The molecule has 1 aromatic carbocycles. The Kier molecular flexibility index (Phi) is 2.55. The van der Waals surface area contributed by atoms with Crippen molar-refractivity contribution >= 4 is 22.1 Å². The number of hydrogen-bond donors (Lipinski definition) is 3. The molecule has 0 fully saturated rings. The lowest BCUT2D eigenvalue weighted by Crippen LogP contribution is -1.94. The number of H-pyrrole nitrogens is 2. The van der Waals surface area contributed by atoms with Crippen molar-refractivity contribution in [3.05, 3.63) is 47.9 Å². The number of nitrogens with zero attached hydrogens (tertiary/aromatic N) is 2. The van der Waals surface area contributed by atoms with Crippen LogP contribution in [0.5, 0.6) is 0 Å². The van der Waals surface area contributed by atoms with Crippen LogP contribution in [0.1, 0.15) is 11.4 Å². The van der Waals surface area contributed by atoms with Gasteiger partial charge in [0.05, 0.1) is 0 Å².